The lowest BCUT2D eigenvalue weighted by Crippen LogP contribution is -2.28. The van der Waals surface area contributed by atoms with E-state index in [-0.39, 0.29) is 4.90 Å². The van der Waals surface area contributed by atoms with Crippen LogP contribution in [0, 0.1) is 5.95 Å². The van der Waals surface area contributed by atoms with Crippen LogP contribution in [-0.4, -0.2) is 31.7 Å². The van der Waals surface area contributed by atoms with Gasteiger partial charge in [-0.3, -0.25) is 0 Å². The number of halogens is 1. The molecular weight excluding hydrogens is 339 g/mol. The molecule has 1 N–H and O–H groups in total. The van der Waals surface area contributed by atoms with Crippen molar-refractivity contribution in [2.75, 3.05) is 6.26 Å². The average Bonchev–Trinajstić information content (AvgIpc) is 2.95. The molecular formula is C19H23FN2O2S. The number of aromatic nitrogens is 1. The summed E-state index contributed by atoms with van der Waals surface area (Å²) in [4.78, 5) is 4.18. The van der Waals surface area contributed by atoms with E-state index in [9.17, 15) is 12.8 Å². The van der Waals surface area contributed by atoms with Crippen LogP contribution in [0.25, 0.3) is 11.1 Å². The Bertz CT molecular complexity index is 865. The summed E-state index contributed by atoms with van der Waals surface area (Å²) in [6.45, 7) is 4.30. The van der Waals surface area contributed by atoms with Gasteiger partial charge in [0.2, 0.25) is 5.95 Å². The van der Waals surface area contributed by atoms with Crippen LogP contribution in [0.15, 0.2) is 41.4 Å². The normalized spacial score (nSPS) is 23.8. The van der Waals surface area contributed by atoms with Gasteiger partial charge in [0.25, 0.3) is 0 Å². The number of pyridine rings is 1. The molecule has 3 atom stereocenters. The Balaban J connectivity index is 1.97. The molecule has 4 nitrogen and oxygen atoms in total. The molecule has 3 unspecified atom stereocenters. The zero-order valence-electron chi connectivity index (χ0n) is 14.7. The molecule has 1 saturated heterocycles. The Hall–Kier alpha value is -1.79. The first-order valence-electron chi connectivity index (χ1n) is 8.51. The number of sulfone groups is 1. The number of rotatable bonds is 4. The lowest BCUT2D eigenvalue weighted by atomic mass is 9.89. The molecule has 0 amide bonds. The van der Waals surface area contributed by atoms with Crippen molar-refractivity contribution in [1.82, 2.24) is 10.3 Å². The van der Waals surface area contributed by atoms with Crippen LogP contribution in [0.1, 0.15) is 38.2 Å². The molecule has 1 aromatic carbocycles. The van der Waals surface area contributed by atoms with Crippen LogP contribution >= 0.6 is 0 Å². The van der Waals surface area contributed by atoms with Crippen LogP contribution in [0.2, 0.25) is 0 Å². The summed E-state index contributed by atoms with van der Waals surface area (Å²) in [5.41, 5.74) is 2.06. The SMILES string of the molecule is CCC1NC(C)CC1c1cnc(F)c(-c2ccc(S(C)(=O)=O)cc2)c1. The molecule has 1 aromatic heterocycles. The second kappa shape index (κ2) is 6.84. The Labute approximate surface area is 148 Å². The monoisotopic (exact) mass is 362 g/mol. The Morgan fingerprint density at radius 3 is 2.56 bits per heavy atom. The van der Waals surface area contributed by atoms with Gasteiger partial charge in [-0.25, -0.2) is 13.4 Å². The first-order chi connectivity index (χ1) is 11.8. The number of nitrogens with zero attached hydrogens (tertiary/aromatic N) is 1. The molecule has 134 valence electrons. The summed E-state index contributed by atoms with van der Waals surface area (Å²) >= 11 is 0. The second-order valence-electron chi connectivity index (χ2n) is 6.83. The van der Waals surface area contributed by atoms with E-state index in [1.807, 2.05) is 6.07 Å². The van der Waals surface area contributed by atoms with E-state index in [4.69, 9.17) is 0 Å². The van der Waals surface area contributed by atoms with Crippen molar-refractivity contribution >= 4 is 9.84 Å². The fourth-order valence-corrected chi connectivity index (χ4v) is 4.25. The standard InChI is InChI=1S/C19H23FN2O2S/c1-4-18-16(9-12(2)22-18)14-10-17(19(20)21-11-14)13-5-7-15(8-6-13)25(3,23)24/h5-8,10-12,16,18,22H,4,9H2,1-3H3. The zero-order valence-corrected chi connectivity index (χ0v) is 15.5. The number of benzene rings is 1. The average molecular weight is 362 g/mol. The van der Waals surface area contributed by atoms with Crippen molar-refractivity contribution in [2.24, 2.45) is 0 Å². The van der Waals surface area contributed by atoms with Gasteiger partial charge in [-0.2, -0.15) is 4.39 Å². The number of hydrogen-bond acceptors (Lipinski definition) is 4. The maximum atomic E-state index is 14.3. The van der Waals surface area contributed by atoms with Gasteiger partial charge >= 0.3 is 0 Å². The van der Waals surface area contributed by atoms with Crippen molar-refractivity contribution in [3.8, 4) is 11.1 Å². The first kappa shape index (κ1) is 18.0. The predicted octanol–water partition coefficient (Wildman–Crippen LogP) is 3.54. The summed E-state index contributed by atoms with van der Waals surface area (Å²) in [6, 6.07) is 8.92. The van der Waals surface area contributed by atoms with Crippen LogP contribution < -0.4 is 5.32 Å². The van der Waals surface area contributed by atoms with Gasteiger partial charge in [0.15, 0.2) is 9.84 Å². The van der Waals surface area contributed by atoms with E-state index in [2.05, 4.69) is 24.1 Å². The second-order valence-corrected chi connectivity index (χ2v) is 8.84. The fourth-order valence-electron chi connectivity index (χ4n) is 3.62. The van der Waals surface area contributed by atoms with Crippen molar-refractivity contribution < 1.29 is 12.8 Å². The van der Waals surface area contributed by atoms with Gasteiger partial charge in [0.05, 0.1) is 4.90 Å². The van der Waals surface area contributed by atoms with Gasteiger partial charge in [-0.1, -0.05) is 19.1 Å². The Morgan fingerprint density at radius 1 is 1.28 bits per heavy atom. The minimum atomic E-state index is -3.27. The molecule has 0 aliphatic carbocycles. The van der Waals surface area contributed by atoms with E-state index < -0.39 is 15.8 Å². The van der Waals surface area contributed by atoms with E-state index in [0.29, 0.717) is 29.1 Å². The maximum absolute atomic E-state index is 14.3. The third-order valence-electron chi connectivity index (χ3n) is 4.91. The van der Waals surface area contributed by atoms with Crippen molar-refractivity contribution in [3.05, 3.63) is 48.0 Å². The summed E-state index contributed by atoms with van der Waals surface area (Å²) in [5, 5.41) is 3.56. The summed E-state index contributed by atoms with van der Waals surface area (Å²) < 4.78 is 37.5. The molecule has 3 rings (SSSR count). The van der Waals surface area contributed by atoms with Crippen molar-refractivity contribution in [3.63, 3.8) is 0 Å². The highest BCUT2D eigenvalue weighted by molar-refractivity contribution is 7.90. The van der Waals surface area contributed by atoms with Crippen LogP contribution in [0.5, 0.6) is 0 Å². The summed E-state index contributed by atoms with van der Waals surface area (Å²) in [6.07, 6.45) is 4.78. The molecule has 1 fully saturated rings. The number of nitrogens with one attached hydrogen (secondary N) is 1. The fraction of sp³-hybridized carbons (Fsp3) is 0.421. The third-order valence-corrected chi connectivity index (χ3v) is 6.04. The highest BCUT2D eigenvalue weighted by atomic mass is 32.2. The highest BCUT2D eigenvalue weighted by Gasteiger charge is 2.31. The largest absolute Gasteiger partial charge is 0.311 e. The molecule has 0 radical (unpaired) electrons. The minimum Gasteiger partial charge on any atom is -0.311 e. The van der Waals surface area contributed by atoms with E-state index in [0.717, 1.165) is 24.7 Å². The molecule has 6 heteroatoms. The molecule has 2 aromatic rings. The molecule has 0 saturated carbocycles. The van der Waals surface area contributed by atoms with Gasteiger partial charge in [-0.15, -0.1) is 0 Å². The van der Waals surface area contributed by atoms with Crippen LogP contribution in [0.3, 0.4) is 0 Å². The minimum absolute atomic E-state index is 0.223. The number of hydrogen-bond donors (Lipinski definition) is 1. The quantitative estimate of drug-likeness (QED) is 0.845. The van der Waals surface area contributed by atoms with E-state index in [1.54, 1.807) is 18.3 Å². The Kier molecular flexibility index (Phi) is 4.93. The lowest BCUT2D eigenvalue weighted by molar-refractivity contribution is 0.514. The maximum Gasteiger partial charge on any atom is 0.220 e. The summed E-state index contributed by atoms with van der Waals surface area (Å²) in [7, 11) is -3.27. The molecule has 1 aliphatic heterocycles. The van der Waals surface area contributed by atoms with Crippen LogP contribution in [-0.2, 0) is 9.84 Å². The molecule has 25 heavy (non-hydrogen) atoms. The topological polar surface area (TPSA) is 59.1 Å². The Morgan fingerprint density at radius 2 is 1.96 bits per heavy atom. The van der Waals surface area contributed by atoms with Crippen molar-refractivity contribution in [2.45, 2.75) is 49.6 Å². The smallest absolute Gasteiger partial charge is 0.220 e. The summed E-state index contributed by atoms with van der Waals surface area (Å²) in [5.74, 6) is -0.231. The highest BCUT2D eigenvalue weighted by Crippen LogP contribution is 2.34. The molecule has 0 bridgehead atoms. The molecule has 0 spiro atoms. The van der Waals surface area contributed by atoms with Gasteiger partial charge < -0.3 is 5.32 Å². The van der Waals surface area contributed by atoms with Gasteiger partial charge in [-0.05, 0) is 49.1 Å². The van der Waals surface area contributed by atoms with Crippen molar-refractivity contribution in [1.29, 1.82) is 0 Å². The van der Waals surface area contributed by atoms with Gasteiger partial charge in [0, 0.05) is 36.0 Å². The van der Waals surface area contributed by atoms with E-state index >= 15 is 0 Å². The lowest BCUT2D eigenvalue weighted by Gasteiger charge is -2.18. The molecule has 2 heterocycles. The molecule has 1 aliphatic rings. The first-order valence-corrected chi connectivity index (χ1v) is 10.4. The van der Waals surface area contributed by atoms with E-state index in [1.165, 1.54) is 12.1 Å². The predicted molar refractivity (Wildman–Crippen MR) is 96.8 cm³/mol. The van der Waals surface area contributed by atoms with Gasteiger partial charge in [0.1, 0.15) is 0 Å². The zero-order chi connectivity index (χ0) is 18.2. The third kappa shape index (κ3) is 3.75. The van der Waals surface area contributed by atoms with Crippen LogP contribution in [0.4, 0.5) is 4.39 Å².